The van der Waals surface area contributed by atoms with Gasteiger partial charge in [-0.2, -0.15) is 0 Å². The summed E-state index contributed by atoms with van der Waals surface area (Å²) in [5.74, 6) is 0.101. The van der Waals surface area contributed by atoms with E-state index in [9.17, 15) is 18.0 Å². The van der Waals surface area contributed by atoms with E-state index < -0.39 is 9.84 Å². The molecule has 3 heterocycles. The van der Waals surface area contributed by atoms with E-state index in [0.29, 0.717) is 35.9 Å². The van der Waals surface area contributed by atoms with Gasteiger partial charge in [0.15, 0.2) is 9.84 Å². The van der Waals surface area contributed by atoms with Crippen LogP contribution in [0.2, 0.25) is 5.02 Å². The maximum Gasteiger partial charge on any atom is 0.251 e. The van der Waals surface area contributed by atoms with Gasteiger partial charge in [0, 0.05) is 54.9 Å². The van der Waals surface area contributed by atoms with E-state index in [4.69, 9.17) is 11.6 Å². The zero-order valence-electron chi connectivity index (χ0n) is 21.2. The van der Waals surface area contributed by atoms with Gasteiger partial charge in [0.25, 0.3) is 5.91 Å². The van der Waals surface area contributed by atoms with Crippen LogP contribution >= 0.6 is 11.6 Å². The molecular weight excluding hydrogens is 526 g/mol. The largest absolute Gasteiger partial charge is 0.355 e. The van der Waals surface area contributed by atoms with Crippen molar-refractivity contribution in [3.8, 4) is 0 Å². The average Bonchev–Trinajstić information content (AvgIpc) is 2.89. The highest BCUT2D eigenvalue weighted by Crippen LogP contribution is 2.26. The van der Waals surface area contributed by atoms with Gasteiger partial charge in [-0.25, -0.2) is 13.4 Å². The molecule has 0 bridgehead atoms. The number of carbonyl (C=O) groups is 2. The maximum atomic E-state index is 13.1. The first-order valence-electron chi connectivity index (χ1n) is 12.3. The molecule has 2 aromatic heterocycles. The first-order chi connectivity index (χ1) is 18.1. The van der Waals surface area contributed by atoms with Crippen molar-refractivity contribution in [2.24, 2.45) is 5.92 Å². The van der Waals surface area contributed by atoms with Gasteiger partial charge in [-0.1, -0.05) is 17.7 Å². The molecule has 1 aromatic carbocycles. The number of sulfone groups is 1. The fraction of sp³-hybridized carbons (Fsp3) is 0.333. The molecule has 9 nitrogen and oxygen atoms in total. The highest BCUT2D eigenvalue weighted by Gasteiger charge is 2.33. The fourth-order valence-electron chi connectivity index (χ4n) is 4.55. The Balaban J connectivity index is 1.49. The van der Waals surface area contributed by atoms with Gasteiger partial charge in [0.05, 0.1) is 17.0 Å². The molecule has 200 valence electrons. The van der Waals surface area contributed by atoms with Crippen LogP contribution in [0, 0.1) is 5.92 Å². The van der Waals surface area contributed by atoms with Crippen LogP contribution in [0.3, 0.4) is 0 Å². The lowest BCUT2D eigenvalue weighted by molar-refractivity contribution is -0.123. The van der Waals surface area contributed by atoms with Crippen molar-refractivity contribution in [3.05, 3.63) is 83.3 Å². The standard InChI is InChI=1S/C27H30ClN5O4S/c1-18(19-8-11-29-12-9-19)31-26(34)15-20-10-13-33(25-7-6-23(16-30-25)38(2,36)37)17-24(20)32-27(35)21-4-3-5-22(28)14-21/h3-9,11-12,14,16,18,20,24H,10,13,15,17H2,1-2H3,(H,31,34)(H,32,35). The molecule has 4 rings (SSSR count). The quantitative estimate of drug-likeness (QED) is 0.437. The molecule has 11 heteroatoms. The van der Waals surface area contributed by atoms with Crippen molar-refractivity contribution in [1.29, 1.82) is 0 Å². The van der Waals surface area contributed by atoms with E-state index in [-0.39, 0.29) is 41.1 Å². The number of rotatable bonds is 8. The molecule has 0 saturated carbocycles. The number of hydrogen-bond donors (Lipinski definition) is 2. The molecule has 2 amide bonds. The molecule has 3 atom stereocenters. The van der Waals surface area contributed by atoms with Crippen LogP contribution < -0.4 is 15.5 Å². The van der Waals surface area contributed by atoms with E-state index in [2.05, 4.69) is 20.6 Å². The summed E-state index contributed by atoms with van der Waals surface area (Å²) >= 11 is 6.08. The van der Waals surface area contributed by atoms with E-state index in [1.807, 2.05) is 24.0 Å². The van der Waals surface area contributed by atoms with Gasteiger partial charge < -0.3 is 15.5 Å². The highest BCUT2D eigenvalue weighted by atomic mass is 35.5. The summed E-state index contributed by atoms with van der Waals surface area (Å²) in [6, 6.07) is 13.1. The van der Waals surface area contributed by atoms with Crippen molar-refractivity contribution in [1.82, 2.24) is 20.6 Å². The summed E-state index contributed by atoms with van der Waals surface area (Å²) in [6.45, 7) is 2.93. The van der Waals surface area contributed by atoms with Gasteiger partial charge in [0.1, 0.15) is 5.82 Å². The summed E-state index contributed by atoms with van der Waals surface area (Å²) in [4.78, 5) is 36.6. The number of anilines is 1. The van der Waals surface area contributed by atoms with Crippen molar-refractivity contribution >= 4 is 39.1 Å². The number of pyridine rings is 2. The minimum Gasteiger partial charge on any atom is -0.355 e. The van der Waals surface area contributed by atoms with Crippen molar-refractivity contribution in [2.75, 3.05) is 24.2 Å². The molecule has 1 aliphatic rings. The Morgan fingerprint density at radius 1 is 1.16 bits per heavy atom. The second-order valence-corrected chi connectivity index (χ2v) is 11.9. The number of hydrogen-bond acceptors (Lipinski definition) is 7. The minimum absolute atomic E-state index is 0.106. The number of benzene rings is 1. The topological polar surface area (TPSA) is 121 Å². The Hall–Kier alpha value is -3.50. The van der Waals surface area contributed by atoms with Crippen LogP contribution in [0.1, 0.15) is 41.7 Å². The molecule has 3 aromatic rings. The lowest BCUT2D eigenvalue weighted by Gasteiger charge is -2.39. The van der Waals surface area contributed by atoms with Crippen LogP contribution in [0.5, 0.6) is 0 Å². The average molecular weight is 556 g/mol. The molecule has 0 aliphatic carbocycles. The van der Waals surface area contributed by atoms with Crippen molar-refractivity contribution in [2.45, 2.75) is 36.7 Å². The van der Waals surface area contributed by atoms with Gasteiger partial charge in [0.2, 0.25) is 5.91 Å². The van der Waals surface area contributed by atoms with Gasteiger partial charge in [-0.15, -0.1) is 0 Å². The fourth-order valence-corrected chi connectivity index (χ4v) is 5.30. The second-order valence-electron chi connectivity index (χ2n) is 9.48. The Morgan fingerprint density at radius 3 is 2.58 bits per heavy atom. The third-order valence-corrected chi connectivity index (χ3v) is 8.00. The SMILES string of the molecule is CC(NC(=O)CC1CCN(c2ccc(S(C)(=O)=O)cn2)CC1NC(=O)c1cccc(Cl)c1)c1ccncc1. The van der Waals surface area contributed by atoms with Crippen LogP contribution in [0.25, 0.3) is 0 Å². The lowest BCUT2D eigenvalue weighted by Crippen LogP contribution is -2.54. The third-order valence-electron chi connectivity index (χ3n) is 6.66. The number of nitrogens with zero attached hydrogens (tertiary/aromatic N) is 3. The van der Waals surface area contributed by atoms with Gasteiger partial charge in [-0.3, -0.25) is 14.6 Å². The molecule has 3 unspecified atom stereocenters. The van der Waals surface area contributed by atoms with Crippen molar-refractivity contribution < 1.29 is 18.0 Å². The zero-order valence-corrected chi connectivity index (χ0v) is 22.7. The molecule has 2 N–H and O–H groups in total. The second kappa shape index (κ2) is 11.9. The third kappa shape index (κ3) is 7.08. The van der Waals surface area contributed by atoms with Crippen LogP contribution in [0.15, 0.2) is 72.0 Å². The number of amides is 2. The van der Waals surface area contributed by atoms with Crippen molar-refractivity contribution in [3.63, 3.8) is 0 Å². The minimum atomic E-state index is -3.36. The lowest BCUT2D eigenvalue weighted by atomic mass is 9.87. The summed E-state index contributed by atoms with van der Waals surface area (Å²) < 4.78 is 23.6. The molecule has 1 aliphatic heterocycles. The first-order valence-corrected chi connectivity index (χ1v) is 14.5. The number of nitrogens with one attached hydrogen (secondary N) is 2. The van der Waals surface area contributed by atoms with E-state index >= 15 is 0 Å². The first kappa shape index (κ1) is 27.5. The molecule has 1 saturated heterocycles. The molecule has 1 fully saturated rings. The maximum absolute atomic E-state index is 13.1. The highest BCUT2D eigenvalue weighted by molar-refractivity contribution is 7.90. The van der Waals surface area contributed by atoms with Crippen LogP contribution in [0.4, 0.5) is 5.82 Å². The summed E-state index contributed by atoms with van der Waals surface area (Å²) in [6.07, 6.45) is 6.72. The summed E-state index contributed by atoms with van der Waals surface area (Å²) in [7, 11) is -3.36. The Kier molecular flexibility index (Phi) is 8.63. The predicted molar refractivity (Wildman–Crippen MR) is 146 cm³/mol. The molecule has 0 spiro atoms. The zero-order chi connectivity index (χ0) is 27.3. The van der Waals surface area contributed by atoms with Gasteiger partial charge >= 0.3 is 0 Å². The van der Waals surface area contributed by atoms with E-state index in [0.717, 1.165) is 11.8 Å². The molecule has 0 radical (unpaired) electrons. The Bertz CT molecular complexity index is 1390. The predicted octanol–water partition coefficient (Wildman–Crippen LogP) is 3.43. The number of halogens is 1. The smallest absolute Gasteiger partial charge is 0.251 e. The summed E-state index contributed by atoms with van der Waals surface area (Å²) in [5.41, 5.74) is 1.39. The molecular formula is C27H30ClN5O4S. The Labute approximate surface area is 227 Å². The van der Waals surface area contributed by atoms with Crippen LogP contribution in [-0.4, -0.2) is 55.6 Å². The normalized spacial score (nSPS) is 18.4. The monoisotopic (exact) mass is 555 g/mol. The number of carbonyl (C=O) groups excluding carboxylic acids is 2. The van der Waals surface area contributed by atoms with Crippen LogP contribution in [-0.2, 0) is 14.6 Å². The Morgan fingerprint density at radius 2 is 1.92 bits per heavy atom. The number of piperidine rings is 1. The summed E-state index contributed by atoms with van der Waals surface area (Å²) in [5, 5.41) is 6.58. The molecule has 38 heavy (non-hydrogen) atoms. The van der Waals surface area contributed by atoms with E-state index in [1.54, 1.807) is 42.7 Å². The number of aromatic nitrogens is 2. The van der Waals surface area contributed by atoms with Gasteiger partial charge in [-0.05, 0) is 67.3 Å². The van der Waals surface area contributed by atoms with E-state index in [1.165, 1.54) is 12.3 Å².